The number of methoxy groups -OCH3 is 2. The molecule has 1 aromatic carbocycles. The Morgan fingerprint density at radius 1 is 1.09 bits per heavy atom. The van der Waals surface area contributed by atoms with Crippen LogP contribution in [0.15, 0.2) is 30.3 Å². The fraction of sp³-hybridized carbons (Fsp3) is 0.294. The first kappa shape index (κ1) is 15.8. The number of aryl methyl sites for hydroxylation is 2. The number of nitrogens with zero attached hydrogens (tertiary/aromatic N) is 1. The monoisotopic (exact) mass is 300 g/mol. The fourth-order valence-electron chi connectivity index (χ4n) is 2.27. The minimum absolute atomic E-state index is 0.121. The lowest BCUT2D eigenvalue weighted by Crippen LogP contribution is -2.15. The molecule has 0 spiro atoms. The predicted octanol–water partition coefficient (Wildman–Crippen LogP) is 2.90. The van der Waals surface area contributed by atoms with Crippen molar-refractivity contribution in [2.75, 3.05) is 19.5 Å². The summed E-state index contributed by atoms with van der Waals surface area (Å²) < 4.78 is 10.4. The minimum Gasteiger partial charge on any atom is -0.493 e. The number of carbonyl (C=O) groups is 1. The minimum atomic E-state index is -0.121. The smallest absolute Gasteiger partial charge is 0.229 e. The third-order valence-electron chi connectivity index (χ3n) is 3.18. The topological polar surface area (TPSA) is 60.5 Å². The van der Waals surface area contributed by atoms with Crippen LogP contribution in [0.1, 0.15) is 16.8 Å². The van der Waals surface area contributed by atoms with Gasteiger partial charge in [-0.2, -0.15) is 0 Å². The Kier molecular flexibility index (Phi) is 4.99. The number of rotatable bonds is 5. The summed E-state index contributed by atoms with van der Waals surface area (Å²) in [6.07, 6.45) is 0.245. The van der Waals surface area contributed by atoms with Gasteiger partial charge in [0, 0.05) is 5.69 Å². The molecule has 0 radical (unpaired) electrons. The van der Waals surface area contributed by atoms with E-state index in [-0.39, 0.29) is 12.3 Å². The van der Waals surface area contributed by atoms with Crippen molar-refractivity contribution in [1.29, 1.82) is 0 Å². The van der Waals surface area contributed by atoms with Crippen LogP contribution in [0.5, 0.6) is 11.5 Å². The predicted molar refractivity (Wildman–Crippen MR) is 85.6 cm³/mol. The molecule has 0 atom stereocenters. The number of pyridine rings is 1. The Morgan fingerprint density at radius 3 is 2.45 bits per heavy atom. The summed E-state index contributed by atoms with van der Waals surface area (Å²) >= 11 is 0. The zero-order chi connectivity index (χ0) is 16.1. The molecule has 0 aliphatic carbocycles. The fourth-order valence-corrected chi connectivity index (χ4v) is 2.27. The molecule has 5 nitrogen and oxygen atoms in total. The molecule has 116 valence electrons. The van der Waals surface area contributed by atoms with Crippen molar-refractivity contribution in [1.82, 2.24) is 4.98 Å². The Balaban J connectivity index is 2.08. The molecule has 1 N–H and O–H groups in total. The quantitative estimate of drug-likeness (QED) is 0.922. The molecule has 0 saturated heterocycles. The highest BCUT2D eigenvalue weighted by Gasteiger charge is 2.09. The molecule has 1 heterocycles. The van der Waals surface area contributed by atoms with Gasteiger partial charge in [-0.25, -0.2) is 4.98 Å². The first-order chi connectivity index (χ1) is 10.5. The average molecular weight is 300 g/mol. The highest BCUT2D eigenvalue weighted by molar-refractivity contribution is 5.91. The van der Waals surface area contributed by atoms with Crippen LogP contribution in [0.4, 0.5) is 5.82 Å². The van der Waals surface area contributed by atoms with E-state index in [9.17, 15) is 4.79 Å². The van der Waals surface area contributed by atoms with Crippen molar-refractivity contribution in [3.8, 4) is 11.5 Å². The number of carbonyl (C=O) groups excluding carboxylic acids is 1. The van der Waals surface area contributed by atoms with Crippen LogP contribution in [0, 0.1) is 13.8 Å². The van der Waals surface area contributed by atoms with E-state index in [0.717, 1.165) is 16.8 Å². The summed E-state index contributed by atoms with van der Waals surface area (Å²) in [7, 11) is 3.15. The summed E-state index contributed by atoms with van der Waals surface area (Å²) in [6, 6.07) is 9.24. The third-order valence-corrected chi connectivity index (χ3v) is 3.18. The number of nitrogens with one attached hydrogen (secondary N) is 1. The van der Waals surface area contributed by atoms with Gasteiger partial charge in [-0.15, -0.1) is 0 Å². The maximum absolute atomic E-state index is 12.1. The molecular formula is C17H20N2O3. The second-order valence-corrected chi connectivity index (χ2v) is 5.09. The Hall–Kier alpha value is -2.56. The summed E-state index contributed by atoms with van der Waals surface area (Å²) in [6.45, 7) is 3.87. The van der Waals surface area contributed by atoms with Crippen LogP contribution in [-0.4, -0.2) is 25.1 Å². The van der Waals surface area contributed by atoms with Crippen molar-refractivity contribution in [3.05, 3.63) is 47.2 Å². The molecule has 1 amide bonds. The third kappa shape index (κ3) is 3.97. The van der Waals surface area contributed by atoms with Crippen LogP contribution in [0.2, 0.25) is 0 Å². The van der Waals surface area contributed by atoms with E-state index in [1.54, 1.807) is 26.4 Å². The molecule has 2 aromatic rings. The molecular weight excluding hydrogens is 280 g/mol. The van der Waals surface area contributed by atoms with Crippen molar-refractivity contribution in [2.45, 2.75) is 20.3 Å². The Labute approximate surface area is 130 Å². The van der Waals surface area contributed by atoms with Gasteiger partial charge in [0.05, 0.1) is 20.6 Å². The second kappa shape index (κ2) is 6.93. The first-order valence-electron chi connectivity index (χ1n) is 6.98. The Bertz CT molecular complexity index is 663. The maximum atomic E-state index is 12.1. The second-order valence-electron chi connectivity index (χ2n) is 5.09. The summed E-state index contributed by atoms with van der Waals surface area (Å²) in [5, 5.41) is 2.82. The van der Waals surface area contributed by atoms with Crippen molar-refractivity contribution in [3.63, 3.8) is 0 Å². The largest absolute Gasteiger partial charge is 0.493 e. The summed E-state index contributed by atoms with van der Waals surface area (Å²) in [5.41, 5.74) is 2.79. The molecule has 0 fully saturated rings. The van der Waals surface area contributed by atoms with Crippen molar-refractivity contribution >= 4 is 11.7 Å². The first-order valence-corrected chi connectivity index (χ1v) is 6.98. The van der Waals surface area contributed by atoms with E-state index in [1.165, 1.54) is 0 Å². The number of amides is 1. The molecule has 0 saturated carbocycles. The van der Waals surface area contributed by atoms with E-state index >= 15 is 0 Å². The van der Waals surface area contributed by atoms with Gasteiger partial charge in [0.1, 0.15) is 5.82 Å². The van der Waals surface area contributed by atoms with Crippen LogP contribution >= 0.6 is 0 Å². The molecule has 0 bridgehead atoms. The van der Waals surface area contributed by atoms with E-state index in [0.29, 0.717) is 17.3 Å². The van der Waals surface area contributed by atoms with Crippen LogP contribution in [-0.2, 0) is 11.2 Å². The van der Waals surface area contributed by atoms with E-state index in [2.05, 4.69) is 10.3 Å². The summed E-state index contributed by atoms with van der Waals surface area (Å²) in [5.74, 6) is 1.70. The van der Waals surface area contributed by atoms with E-state index < -0.39 is 0 Å². The van der Waals surface area contributed by atoms with Gasteiger partial charge < -0.3 is 14.8 Å². The number of aromatic nitrogens is 1. The lowest BCUT2D eigenvalue weighted by atomic mass is 10.1. The Morgan fingerprint density at radius 2 is 1.82 bits per heavy atom. The lowest BCUT2D eigenvalue weighted by molar-refractivity contribution is -0.115. The normalized spacial score (nSPS) is 10.2. The molecule has 22 heavy (non-hydrogen) atoms. The molecule has 0 aliphatic heterocycles. The van der Waals surface area contributed by atoms with Gasteiger partial charge in [0.15, 0.2) is 11.5 Å². The zero-order valence-corrected chi connectivity index (χ0v) is 13.3. The van der Waals surface area contributed by atoms with Gasteiger partial charge in [-0.1, -0.05) is 6.07 Å². The molecule has 2 rings (SSSR count). The molecule has 5 heteroatoms. The van der Waals surface area contributed by atoms with Gasteiger partial charge in [0.25, 0.3) is 0 Å². The van der Waals surface area contributed by atoms with Crippen molar-refractivity contribution in [2.24, 2.45) is 0 Å². The lowest BCUT2D eigenvalue weighted by Gasteiger charge is -2.10. The van der Waals surface area contributed by atoms with Crippen LogP contribution in [0.25, 0.3) is 0 Å². The SMILES string of the molecule is COc1ccc(CC(=O)Nc2cc(C)cc(C)n2)cc1OC. The standard InChI is InChI=1S/C17H20N2O3/c1-11-7-12(2)18-16(8-11)19-17(20)10-13-5-6-14(21-3)15(9-13)22-4/h5-9H,10H2,1-4H3,(H,18,19,20). The van der Waals surface area contributed by atoms with Gasteiger partial charge in [-0.05, 0) is 49.2 Å². The highest BCUT2D eigenvalue weighted by Crippen LogP contribution is 2.27. The molecule has 0 unspecified atom stereocenters. The van der Waals surface area contributed by atoms with Gasteiger partial charge in [-0.3, -0.25) is 4.79 Å². The van der Waals surface area contributed by atoms with Crippen LogP contribution < -0.4 is 14.8 Å². The number of ether oxygens (including phenoxy) is 2. The number of benzene rings is 1. The van der Waals surface area contributed by atoms with Crippen LogP contribution in [0.3, 0.4) is 0 Å². The molecule has 0 aliphatic rings. The van der Waals surface area contributed by atoms with Gasteiger partial charge in [0.2, 0.25) is 5.91 Å². The maximum Gasteiger partial charge on any atom is 0.229 e. The number of anilines is 1. The van der Waals surface area contributed by atoms with Gasteiger partial charge >= 0.3 is 0 Å². The summed E-state index contributed by atoms with van der Waals surface area (Å²) in [4.78, 5) is 16.4. The van der Waals surface area contributed by atoms with Crippen molar-refractivity contribution < 1.29 is 14.3 Å². The molecule has 1 aromatic heterocycles. The number of hydrogen-bond acceptors (Lipinski definition) is 4. The average Bonchev–Trinajstić information content (AvgIpc) is 2.45. The zero-order valence-electron chi connectivity index (χ0n) is 13.3. The van der Waals surface area contributed by atoms with E-state index in [4.69, 9.17) is 9.47 Å². The number of hydrogen-bond donors (Lipinski definition) is 1. The van der Waals surface area contributed by atoms with E-state index in [1.807, 2.05) is 32.0 Å². The highest BCUT2D eigenvalue weighted by atomic mass is 16.5.